The van der Waals surface area contributed by atoms with Gasteiger partial charge in [0.25, 0.3) is 0 Å². The molecule has 0 amide bonds. The zero-order valence-electron chi connectivity index (χ0n) is 7.62. The van der Waals surface area contributed by atoms with Gasteiger partial charge in [-0.2, -0.15) is 0 Å². The molecule has 84 valence electrons. The molecule has 0 aliphatic heterocycles. The van der Waals surface area contributed by atoms with Crippen LogP contribution in [0.25, 0.3) is 0 Å². The lowest BCUT2D eigenvalue weighted by atomic mass is 11.0. The maximum atomic E-state index is 11.2. The Kier molecular flexibility index (Phi) is 4.90. The number of sulfone groups is 2. The minimum Gasteiger partial charge on any atom is -0.223 e. The van der Waals surface area contributed by atoms with E-state index in [-0.39, 0.29) is 11.5 Å². The number of hydrogen-bond acceptors (Lipinski definition) is 4. The average molecular weight is 281 g/mol. The van der Waals surface area contributed by atoms with Crippen molar-refractivity contribution in [2.75, 3.05) is 11.5 Å². The van der Waals surface area contributed by atoms with E-state index in [0.717, 1.165) is 0 Å². The molecule has 4 nitrogen and oxygen atoms in total. The fraction of sp³-hybridized carbons (Fsp3) is 0.667. The molecule has 0 aromatic heterocycles. The van der Waals surface area contributed by atoms with Crippen molar-refractivity contribution in [2.24, 2.45) is 0 Å². The van der Waals surface area contributed by atoms with Gasteiger partial charge in [-0.15, -0.1) is 0 Å². The zero-order valence-corrected chi connectivity index (χ0v) is 10.8. The first kappa shape index (κ1) is 14.2. The first-order valence-corrected chi connectivity index (χ1v) is 7.75. The van der Waals surface area contributed by atoms with Crippen LogP contribution in [0.3, 0.4) is 0 Å². The van der Waals surface area contributed by atoms with Crippen LogP contribution in [-0.4, -0.2) is 28.3 Å². The first-order valence-electron chi connectivity index (χ1n) is 3.69. The first-order chi connectivity index (χ1) is 6.19. The molecule has 0 aromatic carbocycles. The summed E-state index contributed by atoms with van der Waals surface area (Å²) in [5.41, 5.74) is 0. The summed E-state index contributed by atoms with van der Waals surface area (Å²) in [5.74, 6) is -0.581. The van der Waals surface area contributed by atoms with Crippen molar-refractivity contribution >= 4 is 42.9 Å². The van der Waals surface area contributed by atoms with Crippen LogP contribution in [0.15, 0.2) is 8.73 Å². The predicted molar refractivity (Wildman–Crippen MR) is 57.7 cm³/mol. The molecule has 0 aliphatic carbocycles. The fourth-order valence-corrected chi connectivity index (χ4v) is 3.62. The molecular formula is C6H10Cl2O4S2. The molecule has 0 radical (unpaired) electrons. The second-order valence-corrected chi connectivity index (χ2v) is 7.99. The number of halogens is 2. The molecule has 0 heterocycles. The summed E-state index contributed by atoms with van der Waals surface area (Å²) in [6.07, 6.45) is 0. The average Bonchev–Trinajstić information content (AvgIpc) is 2.15. The molecular weight excluding hydrogens is 271 g/mol. The molecule has 0 N–H and O–H groups in total. The van der Waals surface area contributed by atoms with Crippen LogP contribution in [0.5, 0.6) is 0 Å². The van der Waals surface area contributed by atoms with Crippen LogP contribution < -0.4 is 0 Å². The second kappa shape index (κ2) is 4.83. The molecule has 8 heteroatoms. The van der Waals surface area contributed by atoms with Gasteiger partial charge in [-0.1, -0.05) is 37.0 Å². The van der Waals surface area contributed by atoms with E-state index in [1.54, 1.807) is 0 Å². The van der Waals surface area contributed by atoms with Crippen LogP contribution in [0.4, 0.5) is 0 Å². The molecule has 0 saturated carbocycles. The Bertz CT molecular complexity index is 390. The van der Waals surface area contributed by atoms with Gasteiger partial charge in [-0.05, 0) is 0 Å². The Morgan fingerprint density at radius 3 is 1.21 bits per heavy atom. The van der Waals surface area contributed by atoms with Crippen molar-refractivity contribution in [1.82, 2.24) is 0 Å². The molecule has 0 rings (SSSR count). The van der Waals surface area contributed by atoms with E-state index in [2.05, 4.69) is 0 Å². The Morgan fingerprint density at radius 1 is 0.857 bits per heavy atom. The Balaban J connectivity index is 5.60. The second-order valence-electron chi connectivity index (χ2n) is 2.35. The summed E-state index contributed by atoms with van der Waals surface area (Å²) in [7, 11) is -7.51. The highest BCUT2D eigenvalue weighted by Crippen LogP contribution is 2.25. The van der Waals surface area contributed by atoms with Gasteiger partial charge in [0.1, 0.15) is 0 Å². The molecule has 0 spiro atoms. The van der Waals surface area contributed by atoms with E-state index >= 15 is 0 Å². The summed E-state index contributed by atoms with van der Waals surface area (Å²) in [6.45, 7) is 2.70. The van der Waals surface area contributed by atoms with Crippen LogP contribution in [0, 0.1) is 0 Å². The number of hydrogen-bond donors (Lipinski definition) is 0. The highest BCUT2D eigenvalue weighted by Gasteiger charge is 2.25. The molecule has 0 saturated heterocycles. The third kappa shape index (κ3) is 3.12. The maximum absolute atomic E-state index is 11.2. The molecule has 0 fully saturated rings. The Labute approximate surface area is 93.7 Å². The van der Waals surface area contributed by atoms with Gasteiger partial charge >= 0.3 is 0 Å². The summed E-state index contributed by atoms with van der Waals surface area (Å²) in [5, 5.41) is 0. The summed E-state index contributed by atoms with van der Waals surface area (Å²) < 4.78 is 43.1. The van der Waals surface area contributed by atoms with E-state index < -0.39 is 28.4 Å². The van der Waals surface area contributed by atoms with E-state index in [0.29, 0.717) is 0 Å². The maximum Gasteiger partial charge on any atom is 0.191 e. The van der Waals surface area contributed by atoms with E-state index in [1.165, 1.54) is 13.8 Å². The smallest absolute Gasteiger partial charge is 0.191 e. The van der Waals surface area contributed by atoms with Crippen LogP contribution in [0.1, 0.15) is 13.8 Å². The summed E-state index contributed by atoms with van der Waals surface area (Å²) >= 11 is 10.7. The standard InChI is InChI=1S/C6H10Cl2O4S2/c1-3-13(9,10)5(7)6(8)14(11,12)4-2/h3-4H2,1-2H3/b6-5+. The molecule has 0 unspecified atom stereocenters. The minimum absolute atomic E-state index is 0.290. The molecule has 0 atom stereocenters. The van der Waals surface area contributed by atoms with Crippen molar-refractivity contribution in [2.45, 2.75) is 13.8 Å². The lowest BCUT2D eigenvalue weighted by Crippen LogP contribution is -2.10. The Hall–Kier alpha value is 0.220. The Morgan fingerprint density at radius 2 is 1.07 bits per heavy atom. The van der Waals surface area contributed by atoms with Gasteiger partial charge in [0, 0.05) is 0 Å². The molecule has 14 heavy (non-hydrogen) atoms. The number of rotatable bonds is 4. The molecule has 0 aromatic rings. The molecule has 0 aliphatic rings. The summed E-state index contributed by atoms with van der Waals surface area (Å²) in [6, 6.07) is 0. The van der Waals surface area contributed by atoms with Gasteiger partial charge in [-0.25, -0.2) is 16.8 Å². The predicted octanol–water partition coefficient (Wildman–Crippen LogP) is 1.46. The SMILES string of the molecule is CCS(=O)(=O)/C(Cl)=C(\Cl)S(=O)(=O)CC. The van der Waals surface area contributed by atoms with Gasteiger partial charge in [-0.3, -0.25) is 0 Å². The zero-order chi connectivity index (χ0) is 11.6. The van der Waals surface area contributed by atoms with Gasteiger partial charge < -0.3 is 0 Å². The van der Waals surface area contributed by atoms with Crippen LogP contribution in [-0.2, 0) is 19.7 Å². The van der Waals surface area contributed by atoms with Crippen LogP contribution >= 0.6 is 23.2 Å². The normalized spacial score (nSPS) is 15.1. The summed E-state index contributed by atoms with van der Waals surface area (Å²) in [4.78, 5) is 0. The van der Waals surface area contributed by atoms with Gasteiger partial charge in [0.05, 0.1) is 11.5 Å². The van der Waals surface area contributed by atoms with E-state index in [1.807, 2.05) is 0 Å². The third-order valence-electron chi connectivity index (χ3n) is 1.46. The monoisotopic (exact) mass is 280 g/mol. The largest absolute Gasteiger partial charge is 0.223 e. The minimum atomic E-state index is -3.76. The third-order valence-corrected chi connectivity index (χ3v) is 6.72. The fourth-order valence-electron chi connectivity index (χ4n) is 0.498. The van der Waals surface area contributed by atoms with E-state index in [4.69, 9.17) is 23.2 Å². The van der Waals surface area contributed by atoms with Crippen molar-refractivity contribution < 1.29 is 16.8 Å². The van der Waals surface area contributed by atoms with Gasteiger partial charge in [0.2, 0.25) is 0 Å². The topological polar surface area (TPSA) is 68.3 Å². The lowest BCUT2D eigenvalue weighted by Gasteiger charge is -2.03. The van der Waals surface area contributed by atoms with Crippen molar-refractivity contribution in [3.8, 4) is 0 Å². The van der Waals surface area contributed by atoms with Crippen molar-refractivity contribution in [1.29, 1.82) is 0 Å². The van der Waals surface area contributed by atoms with Crippen LogP contribution in [0.2, 0.25) is 0 Å². The van der Waals surface area contributed by atoms with Crippen molar-refractivity contribution in [3.05, 3.63) is 8.73 Å². The van der Waals surface area contributed by atoms with E-state index in [9.17, 15) is 16.8 Å². The van der Waals surface area contributed by atoms with Gasteiger partial charge in [0.15, 0.2) is 28.4 Å². The molecule has 0 bridgehead atoms. The highest BCUT2D eigenvalue weighted by molar-refractivity contribution is 8.01. The lowest BCUT2D eigenvalue weighted by molar-refractivity contribution is 0.600. The quantitative estimate of drug-likeness (QED) is 0.782. The van der Waals surface area contributed by atoms with Crippen molar-refractivity contribution in [3.63, 3.8) is 0 Å². The highest BCUT2D eigenvalue weighted by atomic mass is 35.5.